The van der Waals surface area contributed by atoms with Gasteiger partial charge in [0.1, 0.15) is 10.7 Å². The second-order valence-corrected chi connectivity index (χ2v) is 7.91. The standard InChI is InChI=1S/C13H13Cl3N6O2S/c1-22(2)7-4-5-8(9(6-7)21-25(3,23)24)19-20-12-10(14)11(15)17-13(16)18-12/h4-6,21H,1-3H3. The zero-order valence-corrected chi connectivity index (χ0v) is 16.4. The normalized spacial score (nSPS) is 11.8. The number of nitrogens with zero attached hydrogens (tertiary/aromatic N) is 5. The Morgan fingerprint density at radius 1 is 1.12 bits per heavy atom. The van der Waals surface area contributed by atoms with Crippen molar-refractivity contribution in [2.75, 3.05) is 30.0 Å². The van der Waals surface area contributed by atoms with Crippen LogP contribution in [-0.2, 0) is 10.0 Å². The highest BCUT2D eigenvalue weighted by molar-refractivity contribution is 7.92. The van der Waals surface area contributed by atoms with Crippen LogP contribution in [0, 0.1) is 0 Å². The number of hydrogen-bond acceptors (Lipinski definition) is 7. The van der Waals surface area contributed by atoms with Crippen molar-refractivity contribution in [1.29, 1.82) is 0 Å². The summed E-state index contributed by atoms with van der Waals surface area (Å²) >= 11 is 17.5. The number of anilines is 2. The highest BCUT2D eigenvalue weighted by atomic mass is 35.5. The summed E-state index contributed by atoms with van der Waals surface area (Å²) in [5.74, 6) is -0.0336. The van der Waals surface area contributed by atoms with E-state index in [1.807, 2.05) is 19.0 Å². The highest BCUT2D eigenvalue weighted by Gasteiger charge is 2.12. The molecule has 1 aromatic heterocycles. The molecule has 1 heterocycles. The van der Waals surface area contributed by atoms with Crippen LogP contribution in [0.3, 0.4) is 0 Å². The maximum Gasteiger partial charge on any atom is 0.229 e. The highest BCUT2D eigenvalue weighted by Crippen LogP contribution is 2.34. The zero-order chi connectivity index (χ0) is 18.8. The molecule has 0 aliphatic rings. The fourth-order valence-corrected chi connectivity index (χ4v) is 2.78. The Bertz CT molecular complexity index is 934. The number of benzene rings is 1. The van der Waals surface area contributed by atoms with Gasteiger partial charge in [0.05, 0.1) is 11.9 Å². The maximum atomic E-state index is 11.6. The van der Waals surface area contributed by atoms with Gasteiger partial charge in [0, 0.05) is 19.8 Å². The molecule has 0 amide bonds. The van der Waals surface area contributed by atoms with Crippen LogP contribution in [0.4, 0.5) is 22.9 Å². The predicted molar refractivity (Wildman–Crippen MR) is 100 cm³/mol. The van der Waals surface area contributed by atoms with Gasteiger partial charge in [-0.1, -0.05) is 23.2 Å². The molecule has 0 atom stereocenters. The van der Waals surface area contributed by atoms with Gasteiger partial charge in [0.15, 0.2) is 11.0 Å². The molecule has 0 aliphatic carbocycles. The van der Waals surface area contributed by atoms with Crippen molar-refractivity contribution in [3.63, 3.8) is 0 Å². The molecule has 8 nitrogen and oxygen atoms in total. The Kier molecular flexibility index (Phi) is 6.04. The van der Waals surface area contributed by atoms with Crippen LogP contribution >= 0.6 is 34.8 Å². The first-order chi connectivity index (χ1) is 11.6. The predicted octanol–water partition coefficient (Wildman–Crippen LogP) is 4.29. The van der Waals surface area contributed by atoms with Gasteiger partial charge in [-0.3, -0.25) is 4.72 Å². The molecule has 25 heavy (non-hydrogen) atoms. The van der Waals surface area contributed by atoms with Crippen molar-refractivity contribution in [2.45, 2.75) is 0 Å². The molecule has 0 saturated heterocycles. The Balaban J connectivity index is 2.48. The van der Waals surface area contributed by atoms with E-state index in [-0.39, 0.29) is 32.7 Å². The van der Waals surface area contributed by atoms with E-state index < -0.39 is 10.0 Å². The topological polar surface area (TPSA) is 99.9 Å². The third kappa shape index (κ3) is 5.40. The third-order valence-corrected chi connectivity index (χ3v) is 4.29. The van der Waals surface area contributed by atoms with Crippen molar-refractivity contribution >= 4 is 67.7 Å². The van der Waals surface area contributed by atoms with Crippen LogP contribution < -0.4 is 9.62 Å². The summed E-state index contributed by atoms with van der Waals surface area (Å²) in [6.45, 7) is 0. The first-order valence-corrected chi connectivity index (χ1v) is 9.69. The molecular formula is C13H13Cl3N6O2S. The first-order valence-electron chi connectivity index (χ1n) is 6.66. The first kappa shape index (κ1) is 19.6. The van der Waals surface area contributed by atoms with E-state index in [2.05, 4.69) is 24.9 Å². The molecule has 12 heteroatoms. The van der Waals surface area contributed by atoms with E-state index in [1.165, 1.54) is 0 Å². The maximum absolute atomic E-state index is 11.6. The smallest absolute Gasteiger partial charge is 0.229 e. The van der Waals surface area contributed by atoms with E-state index in [0.29, 0.717) is 0 Å². The van der Waals surface area contributed by atoms with E-state index in [0.717, 1.165) is 11.9 Å². The Hall–Kier alpha value is -1.68. The Morgan fingerprint density at radius 2 is 1.80 bits per heavy atom. The molecule has 0 radical (unpaired) electrons. The van der Waals surface area contributed by atoms with Gasteiger partial charge in [-0.15, -0.1) is 10.2 Å². The lowest BCUT2D eigenvalue weighted by Gasteiger charge is -2.15. The molecule has 0 spiro atoms. The van der Waals surface area contributed by atoms with Gasteiger partial charge < -0.3 is 4.90 Å². The summed E-state index contributed by atoms with van der Waals surface area (Å²) in [7, 11) is 0.139. The number of hydrogen-bond donors (Lipinski definition) is 1. The number of aromatic nitrogens is 2. The summed E-state index contributed by atoms with van der Waals surface area (Å²) in [5.41, 5.74) is 1.29. The monoisotopic (exact) mass is 422 g/mol. The zero-order valence-electron chi connectivity index (χ0n) is 13.3. The minimum Gasteiger partial charge on any atom is -0.378 e. The van der Waals surface area contributed by atoms with Crippen LogP contribution in [0.5, 0.6) is 0 Å². The largest absolute Gasteiger partial charge is 0.378 e. The minimum atomic E-state index is -3.51. The van der Waals surface area contributed by atoms with Crippen molar-refractivity contribution in [2.24, 2.45) is 10.2 Å². The Labute approximate surface area is 159 Å². The number of halogens is 3. The summed E-state index contributed by atoms with van der Waals surface area (Å²) < 4.78 is 25.5. The van der Waals surface area contributed by atoms with Crippen LogP contribution in [0.25, 0.3) is 0 Å². The van der Waals surface area contributed by atoms with E-state index >= 15 is 0 Å². The van der Waals surface area contributed by atoms with Crippen LogP contribution in [0.15, 0.2) is 28.4 Å². The summed E-state index contributed by atoms with van der Waals surface area (Å²) in [4.78, 5) is 9.32. The lowest BCUT2D eigenvalue weighted by Crippen LogP contribution is -2.12. The molecule has 1 aromatic carbocycles. The molecule has 2 aromatic rings. The van der Waals surface area contributed by atoms with Crippen molar-refractivity contribution in [1.82, 2.24) is 9.97 Å². The second kappa shape index (κ2) is 7.69. The number of rotatable bonds is 5. The molecule has 0 saturated carbocycles. The quantitative estimate of drug-likeness (QED) is 0.439. The van der Waals surface area contributed by atoms with Gasteiger partial charge in [-0.2, -0.15) is 4.98 Å². The summed E-state index contributed by atoms with van der Waals surface area (Å²) in [5, 5.41) is 7.66. The van der Waals surface area contributed by atoms with Crippen LogP contribution in [0.2, 0.25) is 15.5 Å². The molecule has 2 rings (SSSR count). The van der Waals surface area contributed by atoms with E-state index in [1.54, 1.807) is 18.2 Å². The molecule has 1 N–H and O–H groups in total. The number of azo groups is 1. The van der Waals surface area contributed by atoms with Gasteiger partial charge in [-0.05, 0) is 29.8 Å². The molecule has 0 unspecified atom stereocenters. The summed E-state index contributed by atoms with van der Waals surface area (Å²) in [6, 6.07) is 4.98. The number of sulfonamides is 1. The fourth-order valence-electron chi connectivity index (χ4n) is 1.72. The number of nitrogens with one attached hydrogen (secondary N) is 1. The van der Waals surface area contributed by atoms with Crippen LogP contribution in [0.1, 0.15) is 0 Å². The average molecular weight is 424 g/mol. The van der Waals surface area contributed by atoms with Gasteiger partial charge in [0.2, 0.25) is 15.3 Å². The SMILES string of the molecule is CN(C)c1ccc(N=Nc2nc(Cl)nc(Cl)c2Cl)c(NS(C)(=O)=O)c1. The van der Waals surface area contributed by atoms with Gasteiger partial charge in [-0.25, -0.2) is 13.4 Å². The molecular weight excluding hydrogens is 411 g/mol. The lowest BCUT2D eigenvalue weighted by molar-refractivity contribution is 0.607. The van der Waals surface area contributed by atoms with E-state index in [9.17, 15) is 8.42 Å². The molecule has 134 valence electrons. The van der Waals surface area contributed by atoms with Crippen molar-refractivity contribution in [3.05, 3.63) is 33.7 Å². The third-order valence-electron chi connectivity index (χ3n) is 2.81. The average Bonchev–Trinajstić information content (AvgIpc) is 2.48. The fraction of sp³-hybridized carbons (Fsp3) is 0.231. The van der Waals surface area contributed by atoms with Crippen LogP contribution in [-0.4, -0.2) is 38.7 Å². The van der Waals surface area contributed by atoms with Gasteiger partial charge in [0.25, 0.3) is 0 Å². The van der Waals surface area contributed by atoms with Gasteiger partial charge >= 0.3 is 0 Å². The lowest BCUT2D eigenvalue weighted by atomic mass is 10.2. The Morgan fingerprint density at radius 3 is 2.40 bits per heavy atom. The molecule has 0 aliphatic heterocycles. The minimum absolute atomic E-state index is 0.0163. The molecule has 0 fully saturated rings. The van der Waals surface area contributed by atoms with Crippen molar-refractivity contribution < 1.29 is 8.42 Å². The summed E-state index contributed by atoms with van der Waals surface area (Å²) in [6.07, 6.45) is 1.04. The van der Waals surface area contributed by atoms with Crippen molar-refractivity contribution in [3.8, 4) is 0 Å². The molecule has 0 bridgehead atoms. The second-order valence-electron chi connectivity index (χ2n) is 5.09. The van der Waals surface area contributed by atoms with E-state index in [4.69, 9.17) is 34.8 Å².